The van der Waals surface area contributed by atoms with E-state index in [-0.39, 0.29) is 28.5 Å². The average Bonchev–Trinajstić information content (AvgIpc) is 2.56. The molecule has 108 valence electrons. The summed E-state index contributed by atoms with van der Waals surface area (Å²) in [5, 5.41) is -0.300. The fraction of sp³-hybridized carbons (Fsp3) is 0.333. The number of Topliss-reactive ketones (excluding diaryl/α,β-unsaturated/α-hetero) is 2. The third kappa shape index (κ3) is 2.12. The summed E-state index contributed by atoms with van der Waals surface area (Å²) >= 11 is 0. The molecule has 0 spiro atoms. The molecule has 2 atom stereocenters. The molecule has 0 saturated heterocycles. The zero-order chi connectivity index (χ0) is 20.5. The number of nitrogen functional groups attached to an aromatic ring is 1. The molecule has 1 aromatic heterocycles. The van der Waals surface area contributed by atoms with Crippen molar-refractivity contribution < 1.29 is 17.8 Å². The zero-order valence-electron chi connectivity index (χ0n) is 17.1. The van der Waals surface area contributed by atoms with Gasteiger partial charge in [-0.3, -0.25) is 19.0 Å². The number of carbonyl (C=O) groups is 2. The molecular weight excluding hydrogens is 270 g/mol. The van der Waals surface area contributed by atoms with Gasteiger partial charge in [-0.25, -0.2) is 4.98 Å². The largest absolute Gasteiger partial charge is 0.398 e. The molecule has 1 heterocycles. The van der Waals surface area contributed by atoms with E-state index in [0.29, 0.717) is 4.57 Å². The lowest BCUT2D eigenvalue weighted by molar-refractivity contribution is -0.132. The maximum Gasteiger partial charge on any atom is 0.264 e. The summed E-state index contributed by atoms with van der Waals surface area (Å²) in [5.74, 6) is -2.40. The number of carbonyl (C=O) groups excluding carboxylic acids is 2. The smallest absolute Gasteiger partial charge is 0.264 e. The Hall–Kier alpha value is -2.50. The molecule has 1 saturated carbocycles. The molecule has 0 radical (unpaired) electrons. The summed E-state index contributed by atoms with van der Waals surface area (Å²) in [7, 11) is 0. The number of rotatable bonds is 1. The minimum absolute atomic E-state index is 0.0141. The first-order chi connectivity index (χ1) is 12.3. The van der Waals surface area contributed by atoms with E-state index in [0.717, 1.165) is 6.07 Å². The second-order valence-corrected chi connectivity index (χ2v) is 4.58. The lowest BCUT2D eigenvalue weighted by Crippen LogP contribution is -2.36. The van der Waals surface area contributed by atoms with Gasteiger partial charge in [0.15, 0.2) is 5.78 Å². The van der Waals surface area contributed by atoms with Gasteiger partial charge in [-0.1, -0.05) is 6.04 Å². The van der Waals surface area contributed by atoms with E-state index in [4.69, 9.17) is 14.0 Å². The highest BCUT2D eigenvalue weighted by atomic mass is 16.2. The average molecular weight is 291 g/mol. The van der Waals surface area contributed by atoms with Crippen LogP contribution in [-0.4, -0.2) is 21.1 Å². The quantitative estimate of drug-likeness (QED) is 0.628. The molecule has 6 heteroatoms. The standard InChI is InChI=1S/C15H15N3O3/c1-8-17-11-4-2-3-10(16)14(11)15(21)18(8)12-6-5-9(19)7-13(12)20/h2-4,12H,5-7,16H2,1H3/i2D,3D,5D2,6D,12D. The van der Waals surface area contributed by atoms with Crippen LogP contribution in [0.2, 0.25) is 0 Å². The van der Waals surface area contributed by atoms with Crippen LogP contribution in [0.5, 0.6) is 0 Å². The van der Waals surface area contributed by atoms with Gasteiger partial charge in [0.05, 0.1) is 27.5 Å². The second kappa shape index (κ2) is 4.80. The molecular formula is C15H15N3O3. The molecule has 1 aliphatic carbocycles. The molecule has 1 fully saturated rings. The summed E-state index contributed by atoms with van der Waals surface area (Å²) in [6.07, 6.45) is -5.95. The lowest BCUT2D eigenvalue weighted by Gasteiger charge is -2.24. The summed E-state index contributed by atoms with van der Waals surface area (Å²) in [4.78, 5) is 41.4. The number of fused-ring (bicyclic) bond motifs is 1. The number of hydrogen-bond donors (Lipinski definition) is 1. The van der Waals surface area contributed by atoms with E-state index in [1.165, 1.54) is 6.92 Å². The van der Waals surface area contributed by atoms with Crippen molar-refractivity contribution in [2.24, 2.45) is 0 Å². The van der Waals surface area contributed by atoms with Crippen molar-refractivity contribution in [2.75, 3.05) is 5.73 Å². The van der Waals surface area contributed by atoms with Crippen LogP contribution in [0.3, 0.4) is 0 Å². The lowest BCUT2D eigenvalue weighted by atomic mass is 9.92. The predicted octanol–water partition coefficient (Wildman–Crippen LogP) is 1.15. The summed E-state index contributed by atoms with van der Waals surface area (Å²) in [5.41, 5.74) is 4.39. The van der Waals surface area contributed by atoms with Crippen molar-refractivity contribution in [3.8, 4) is 0 Å². The summed E-state index contributed by atoms with van der Waals surface area (Å²) in [6, 6.07) is -2.28. The molecule has 0 bridgehead atoms. The summed E-state index contributed by atoms with van der Waals surface area (Å²) in [6.45, 7) is 1.29. The maximum atomic E-state index is 13.1. The van der Waals surface area contributed by atoms with Crippen LogP contribution in [0.15, 0.2) is 22.9 Å². The number of aryl methyl sites for hydroxylation is 1. The van der Waals surface area contributed by atoms with Crippen LogP contribution in [0, 0.1) is 6.92 Å². The highest BCUT2D eigenvalue weighted by Gasteiger charge is 2.30. The minimum Gasteiger partial charge on any atom is -0.398 e. The number of ketones is 2. The van der Waals surface area contributed by atoms with Crippen molar-refractivity contribution in [3.05, 3.63) is 34.3 Å². The SMILES string of the molecule is [2H]c1cc2nc(C)n(C3([2H])C(=O)CC(=O)C([2H])([2H])C3[2H])c(=O)c2c(N)c1[2H]. The van der Waals surface area contributed by atoms with Crippen LogP contribution in [0.1, 0.15) is 39.3 Å². The predicted molar refractivity (Wildman–Crippen MR) is 78.1 cm³/mol. The fourth-order valence-corrected chi connectivity index (χ4v) is 2.24. The number of anilines is 1. The van der Waals surface area contributed by atoms with E-state index in [9.17, 15) is 14.4 Å². The van der Waals surface area contributed by atoms with E-state index >= 15 is 0 Å². The van der Waals surface area contributed by atoms with E-state index < -0.39 is 48.4 Å². The Balaban J connectivity index is 2.42. The Morgan fingerprint density at radius 3 is 3.05 bits per heavy atom. The van der Waals surface area contributed by atoms with Crippen LogP contribution in [-0.2, 0) is 9.59 Å². The van der Waals surface area contributed by atoms with E-state index in [1.54, 1.807) is 0 Å². The summed E-state index contributed by atoms with van der Waals surface area (Å²) < 4.78 is 48.2. The molecule has 1 aromatic carbocycles. The van der Waals surface area contributed by atoms with Gasteiger partial charge in [0.1, 0.15) is 11.6 Å². The van der Waals surface area contributed by atoms with Crippen LogP contribution in [0.4, 0.5) is 5.69 Å². The fourth-order valence-electron chi connectivity index (χ4n) is 2.24. The Bertz CT molecular complexity index is 1080. The molecule has 2 N–H and O–H groups in total. The first kappa shape index (κ1) is 8.07. The highest BCUT2D eigenvalue weighted by Crippen LogP contribution is 2.24. The van der Waals surface area contributed by atoms with E-state index in [1.807, 2.05) is 0 Å². The number of aromatic nitrogens is 2. The van der Waals surface area contributed by atoms with Gasteiger partial charge in [0, 0.05) is 16.2 Å². The normalized spacial score (nSPS) is 32.7. The van der Waals surface area contributed by atoms with Gasteiger partial charge < -0.3 is 5.73 Å². The molecule has 0 aliphatic heterocycles. The molecule has 1 aliphatic rings. The maximum absolute atomic E-state index is 13.1. The minimum atomic E-state index is -2.81. The second-order valence-electron chi connectivity index (χ2n) is 4.58. The topological polar surface area (TPSA) is 95.0 Å². The third-order valence-electron chi connectivity index (χ3n) is 3.18. The molecule has 0 amide bonds. The van der Waals surface area contributed by atoms with E-state index in [2.05, 4.69) is 4.98 Å². The number of nitrogens with two attached hydrogens (primary N) is 1. The highest BCUT2D eigenvalue weighted by molar-refractivity contribution is 6.03. The van der Waals surface area contributed by atoms with Crippen LogP contribution < -0.4 is 11.3 Å². The third-order valence-corrected chi connectivity index (χ3v) is 3.18. The molecule has 21 heavy (non-hydrogen) atoms. The Morgan fingerprint density at radius 2 is 2.29 bits per heavy atom. The van der Waals surface area contributed by atoms with Gasteiger partial charge in [0.25, 0.3) is 5.56 Å². The van der Waals surface area contributed by atoms with Gasteiger partial charge in [-0.05, 0) is 25.4 Å². The monoisotopic (exact) mass is 291 g/mol. The van der Waals surface area contributed by atoms with Crippen LogP contribution in [0.25, 0.3) is 10.9 Å². The van der Waals surface area contributed by atoms with Crippen molar-refractivity contribution in [3.63, 3.8) is 0 Å². The molecule has 3 rings (SSSR count). The first-order valence-corrected chi connectivity index (χ1v) is 6.13. The Kier molecular flexibility index (Phi) is 1.84. The van der Waals surface area contributed by atoms with Crippen molar-refractivity contribution in [1.29, 1.82) is 0 Å². The van der Waals surface area contributed by atoms with Gasteiger partial charge >= 0.3 is 0 Å². The number of benzene rings is 1. The zero-order valence-corrected chi connectivity index (χ0v) is 11.1. The number of nitrogens with zero attached hydrogens (tertiary/aromatic N) is 2. The Morgan fingerprint density at radius 1 is 1.52 bits per heavy atom. The Labute approximate surface area is 129 Å². The van der Waals surface area contributed by atoms with Crippen LogP contribution >= 0.6 is 0 Å². The van der Waals surface area contributed by atoms with Gasteiger partial charge in [-0.2, -0.15) is 0 Å². The molecule has 2 aromatic rings. The molecule has 2 unspecified atom stereocenters. The van der Waals surface area contributed by atoms with Crippen molar-refractivity contribution in [2.45, 2.75) is 32.1 Å². The molecule has 6 nitrogen and oxygen atoms in total. The van der Waals surface area contributed by atoms with Gasteiger partial charge in [0.2, 0.25) is 0 Å². The van der Waals surface area contributed by atoms with Gasteiger partial charge in [-0.15, -0.1) is 0 Å². The van der Waals surface area contributed by atoms with Crippen molar-refractivity contribution >= 4 is 28.2 Å². The van der Waals surface area contributed by atoms with Crippen molar-refractivity contribution in [1.82, 2.24) is 9.55 Å². The number of hydrogen-bond acceptors (Lipinski definition) is 5. The first-order valence-electron chi connectivity index (χ1n) is 9.21.